The molecule has 0 bridgehead atoms. The second kappa shape index (κ2) is 7.63. The highest BCUT2D eigenvalue weighted by Gasteiger charge is 2.33. The lowest BCUT2D eigenvalue weighted by Gasteiger charge is -2.34. The zero-order valence-electron chi connectivity index (χ0n) is 12.2. The summed E-state index contributed by atoms with van der Waals surface area (Å²) in [5.74, 6) is 0. The van der Waals surface area contributed by atoms with Crippen LogP contribution in [0.25, 0.3) is 0 Å². The standard InChI is InChI=1S/C16H26O3/c1-4-5-11-16(2,19-3)15(18)12-14(17)13-9-7-6-8-10-13/h6-10,14-15,17-18H,4-5,11-12H2,1-3H3. The van der Waals surface area contributed by atoms with E-state index in [1.807, 2.05) is 37.3 Å². The van der Waals surface area contributed by atoms with Gasteiger partial charge in [0.1, 0.15) is 0 Å². The fourth-order valence-corrected chi connectivity index (χ4v) is 2.20. The Morgan fingerprint density at radius 1 is 1.21 bits per heavy atom. The molecule has 0 heterocycles. The van der Waals surface area contributed by atoms with Crippen LogP contribution in [-0.4, -0.2) is 29.0 Å². The van der Waals surface area contributed by atoms with Gasteiger partial charge in [-0.05, 0) is 18.9 Å². The molecule has 0 aliphatic carbocycles. The molecular weight excluding hydrogens is 240 g/mol. The smallest absolute Gasteiger partial charge is 0.0909 e. The maximum Gasteiger partial charge on any atom is 0.0909 e. The number of ether oxygens (including phenoxy) is 1. The van der Waals surface area contributed by atoms with Crippen molar-refractivity contribution in [2.24, 2.45) is 0 Å². The minimum atomic E-state index is -0.681. The van der Waals surface area contributed by atoms with Crippen LogP contribution in [-0.2, 0) is 4.74 Å². The molecule has 0 amide bonds. The largest absolute Gasteiger partial charge is 0.390 e. The Morgan fingerprint density at radius 2 is 1.84 bits per heavy atom. The second-order valence-corrected chi connectivity index (χ2v) is 5.30. The number of benzene rings is 1. The van der Waals surface area contributed by atoms with E-state index >= 15 is 0 Å². The first-order valence-electron chi connectivity index (χ1n) is 6.99. The minimum absolute atomic E-state index is 0.290. The molecule has 1 rings (SSSR count). The van der Waals surface area contributed by atoms with Crippen molar-refractivity contribution in [1.29, 1.82) is 0 Å². The van der Waals surface area contributed by atoms with Gasteiger partial charge in [-0.1, -0.05) is 50.1 Å². The quantitative estimate of drug-likeness (QED) is 0.760. The molecule has 0 fully saturated rings. The van der Waals surface area contributed by atoms with E-state index in [0.29, 0.717) is 0 Å². The van der Waals surface area contributed by atoms with Crippen LogP contribution in [0.3, 0.4) is 0 Å². The van der Waals surface area contributed by atoms with Crippen molar-refractivity contribution in [3.05, 3.63) is 35.9 Å². The molecule has 0 radical (unpaired) electrons. The average molecular weight is 266 g/mol. The maximum absolute atomic E-state index is 10.3. The number of aliphatic hydroxyl groups is 2. The van der Waals surface area contributed by atoms with Gasteiger partial charge >= 0.3 is 0 Å². The first-order chi connectivity index (χ1) is 9.03. The SMILES string of the molecule is CCCCC(C)(OC)C(O)CC(O)c1ccccc1. The lowest BCUT2D eigenvalue weighted by Crippen LogP contribution is -2.42. The third-order valence-electron chi connectivity index (χ3n) is 3.83. The summed E-state index contributed by atoms with van der Waals surface area (Å²) in [5, 5.41) is 20.5. The minimum Gasteiger partial charge on any atom is -0.390 e. The van der Waals surface area contributed by atoms with E-state index in [1.165, 1.54) is 0 Å². The summed E-state index contributed by atoms with van der Waals surface area (Å²) >= 11 is 0. The number of hydrogen-bond donors (Lipinski definition) is 2. The summed E-state index contributed by atoms with van der Waals surface area (Å²) in [6, 6.07) is 9.42. The fraction of sp³-hybridized carbons (Fsp3) is 0.625. The van der Waals surface area contributed by atoms with Crippen molar-refractivity contribution in [3.63, 3.8) is 0 Å². The number of rotatable bonds is 8. The van der Waals surface area contributed by atoms with Gasteiger partial charge in [0.2, 0.25) is 0 Å². The Hall–Kier alpha value is -0.900. The van der Waals surface area contributed by atoms with Crippen LogP contribution >= 0.6 is 0 Å². The molecular formula is C16H26O3. The molecule has 3 heteroatoms. The van der Waals surface area contributed by atoms with Gasteiger partial charge in [-0.25, -0.2) is 0 Å². The van der Waals surface area contributed by atoms with Crippen LogP contribution in [0, 0.1) is 0 Å². The first kappa shape index (κ1) is 16.2. The van der Waals surface area contributed by atoms with Crippen LogP contribution in [0.15, 0.2) is 30.3 Å². The van der Waals surface area contributed by atoms with E-state index in [2.05, 4.69) is 6.92 Å². The van der Waals surface area contributed by atoms with E-state index in [4.69, 9.17) is 4.74 Å². The molecule has 0 saturated carbocycles. The predicted molar refractivity (Wildman–Crippen MR) is 77.0 cm³/mol. The van der Waals surface area contributed by atoms with Crippen molar-refractivity contribution < 1.29 is 14.9 Å². The van der Waals surface area contributed by atoms with Crippen LogP contribution < -0.4 is 0 Å². The average Bonchev–Trinajstić information content (AvgIpc) is 2.45. The molecule has 3 unspecified atom stereocenters. The summed E-state index contributed by atoms with van der Waals surface area (Å²) in [6.07, 6.45) is 1.81. The zero-order valence-corrected chi connectivity index (χ0v) is 12.2. The van der Waals surface area contributed by atoms with Crippen molar-refractivity contribution >= 4 is 0 Å². The number of unbranched alkanes of at least 4 members (excludes halogenated alkanes) is 1. The zero-order chi connectivity index (χ0) is 14.3. The highest BCUT2D eigenvalue weighted by atomic mass is 16.5. The van der Waals surface area contributed by atoms with Gasteiger partial charge in [-0.15, -0.1) is 0 Å². The molecule has 108 valence electrons. The van der Waals surface area contributed by atoms with E-state index in [-0.39, 0.29) is 6.42 Å². The monoisotopic (exact) mass is 266 g/mol. The van der Waals surface area contributed by atoms with Crippen molar-refractivity contribution in [2.45, 2.75) is 57.3 Å². The molecule has 0 aliphatic heterocycles. The molecule has 3 atom stereocenters. The summed E-state index contributed by atoms with van der Waals surface area (Å²) < 4.78 is 5.48. The second-order valence-electron chi connectivity index (χ2n) is 5.30. The van der Waals surface area contributed by atoms with Crippen LogP contribution in [0.4, 0.5) is 0 Å². The van der Waals surface area contributed by atoms with Crippen molar-refractivity contribution in [1.82, 2.24) is 0 Å². The summed E-state index contributed by atoms with van der Waals surface area (Å²) in [6.45, 7) is 4.02. The molecule has 0 saturated heterocycles. The Labute approximate surface area is 116 Å². The predicted octanol–water partition coefficient (Wildman–Crippen LogP) is 3.07. The van der Waals surface area contributed by atoms with Gasteiger partial charge in [0.15, 0.2) is 0 Å². The van der Waals surface area contributed by atoms with E-state index in [1.54, 1.807) is 7.11 Å². The molecule has 0 aromatic heterocycles. The molecule has 19 heavy (non-hydrogen) atoms. The number of hydrogen-bond acceptors (Lipinski definition) is 3. The maximum atomic E-state index is 10.3. The summed E-state index contributed by atoms with van der Waals surface area (Å²) in [4.78, 5) is 0. The number of aliphatic hydroxyl groups excluding tert-OH is 2. The Kier molecular flexibility index (Phi) is 6.49. The molecule has 1 aromatic carbocycles. The van der Waals surface area contributed by atoms with Crippen molar-refractivity contribution in [3.8, 4) is 0 Å². The fourth-order valence-electron chi connectivity index (χ4n) is 2.20. The van der Waals surface area contributed by atoms with Gasteiger partial charge in [-0.2, -0.15) is 0 Å². The third kappa shape index (κ3) is 4.60. The highest BCUT2D eigenvalue weighted by molar-refractivity contribution is 5.17. The van der Waals surface area contributed by atoms with Crippen LogP contribution in [0.2, 0.25) is 0 Å². The molecule has 2 N–H and O–H groups in total. The van der Waals surface area contributed by atoms with Gasteiger partial charge in [0.05, 0.1) is 17.8 Å². The van der Waals surface area contributed by atoms with Gasteiger partial charge in [0, 0.05) is 13.5 Å². The highest BCUT2D eigenvalue weighted by Crippen LogP contribution is 2.29. The van der Waals surface area contributed by atoms with E-state index in [0.717, 1.165) is 24.8 Å². The Morgan fingerprint density at radius 3 is 2.37 bits per heavy atom. The molecule has 3 nitrogen and oxygen atoms in total. The lowest BCUT2D eigenvalue weighted by molar-refractivity contribution is -0.110. The summed E-state index contributed by atoms with van der Waals surface area (Å²) in [5.41, 5.74) is 0.238. The van der Waals surface area contributed by atoms with Gasteiger partial charge < -0.3 is 14.9 Å². The van der Waals surface area contributed by atoms with Crippen LogP contribution in [0.1, 0.15) is 51.2 Å². The normalized spacial score (nSPS) is 17.7. The van der Waals surface area contributed by atoms with Gasteiger partial charge in [0.25, 0.3) is 0 Å². The van der Waals surface area contributed by atoms with E-state index < -0.39 is 17.8 Å². The number of methoxy groups -OCH3 is 1. The van der Waals surface area contributed by atoms with Crippen molar-refractivity contribution in [2.75, 3.05) is 7.11 Å². The lowest BCUT2D eigenvalue weighted by atomic mass is 9.88. The third-order valence-corrected chi connectivity index (χ3v) is 3.83. The summed E-state index contributed by atoms with van der Waals surface area (Å²) in [7, 11) is 1.62. The molecule has 0 aliphatic rings. The Bertz CT molecular complexity index is 352. The van der Waals surface area contributed by atoms with Gasteiger partial charge in [-0.3, -0.25) is 0 Å². The first-order valence-corrected chi connectivity index (χ1v) is 6.99. The topological polar surface area (TPSA) is 49.7 Å². The van der Waals surface area contributed by atoms with E-state index in [9.17, 15) is 10.2 Å². The molecule has 0 spiro atoms. The van der Waals surface area contributed by atoms with Crippen LogP contribution in [0.5, 0.6) is 0 Å². The Balaban J connectivity index is 2.64. The molecule has 1 aromatic rings.